The maximum atomic E-state index is 14.0. The molecule has 0 saturated carbocycles. The highest BCUT2D eigenvalue weighted by Gasteiger charge is 2.16. The van der Waals surface area contributed by atoms with Gasteiger partial charge in [0.2, 0.25) is 0 Å². The van der Waals surface area contributed by atoms with Crippen molar-refractivity contribution < 1.29 is 13.9 Å². The van der Waals surface area contributed by atoms with Crippen molar-refractivity contribution in [1.29, 1.82) is 0 Å². The third kappa shape index (κ3) is 3.31. The molecule has 110 valence electrons. The highest BCUT2D eigenvalue weighted by molar-refractivity contribution is 5.96. The van der Waals surface area contributed by atoms with Crippen LogP contribution in [0.2, 0.25) is 0 Å². The van der Waals surface area contributed by atoms with E-state index in [1.165, 1.54) is 13.2 Å². The summed E-state index contributed by atoms with van der Waals surface area (Å²) >= 11 is 0. The normalized spacial score (nSPS) is 11.8. The first kappa shape index (κ1) is 14.8. The van der Waals surface area contributed by atoms with E-state index in [1.807, 2.05) is 37.3 Å². The van der Waals surface area contributed by atoms with E-state index in [4.69, 9.17) is 5.73 Å². The van der Waals surface area contributed by atoms with Crippen molar-refractivity contribution in [2.24, 2.45) is 0 Å². The second-order valence-electron chi connectivity index (χ2n) is 4.69. The molecule has 21 heavy (non-hydrogen) atoms. The zero-order valence-electron chi connectivity index (χ0n) is 11.9. The van der Waals surface area contributed by atoms with Crippen LogP contribution in [-0.2, 0) is 4.74 Å². The molecular formula is C16H17FN2O2. The smallest absolute Gasteiger partial charge is 0.340 e. The summed E-state index contributed by atoms with van der Waals surface area (Å²) in [4.78, 5) is 11.6. The van der Waals surface area contributed by atoms with Crippen LogP contribution < -0.4 is 11.1 Å². The summed E-state index contributed by atoms with van der Waals surface area (Å²) < 4.78 is 18.6. The van der Waals surface area contributed by atoms with Crippen molar-refractivity contribution in [1.82, 2.24) is 0 Å². The van der Waals surface area contributed by atoms with Gasteiger partial charge in [-0.25, -0.2) is 9.18 Å². The SMILES string of the molecule is COC(=O)c1cc(NC(C)c2ccccc2)c(F)cc1N. The van der Waals surface area contributed by atoms with Gasteiger partial charge in [0.15, 0.2) is 0 Å². The molecule has 0 amide bonds. The topological polar surface area (TPSA) is 64.3 Å². The fourth-order valence-corrected chi connectivity index (χ4v) is 2.04. The molecule has 5 heteroatoms. The Morgan fingerprint density at radius 1 is 1.29 bits per heavy atom. The Balaban J connectivity index is 2.29. The summed E-state index contributed by atoms with van der Waals surface area (Å²) in [5, 5.41) is 3.03. The van der Waals surface area contributed by atoms with Crippen molar-refractivity contribution in [3.05, 3.63) is 59.4 Å². The zero-order chi connectivity index (χ0) is 15.4. The van der Waals surface area contributed by atoms with E-state index in [0.29, 0.717) is 0 Å². The number of nitrogens with two attached hydrogens (primary N) is 1. The Bertz CT molecular complexity index is 644. The Labute approximate surface area is 122 Å². The lowest BCUT2D eigenvalue weighted by Gasteiger charge is -2.17. The minimum absolute atomic E-state index is 0.0530. The molecule has 0 aliphatic carbocycles. The summed E-state index contributed by atoms with van der Waals surface area (Å²) in [5.41, 5.74) is 7.05. The van der Waals surface area contributed by atoms with E-state index in [-0.39, 0.29) is 23.0 Å². The summed E-state index contributed by atoms with van der Waals surface area (Å²) in [7, 11) is 1.25. The lowest BCUT2D eigenvalue weighted by molar-refractivity contribution is 0.0602. The molecule has 0 heterocycles. The number of benzene rings is 2. The minimum atomic E-state index is -0.595. The minimum Gasteiger partial charge on any atom is -0.465 e. The Kier molecular flexibility index (Phi) is 4.42. The number of anilines is 2. The molecule has 2 aromatic carbocycles. The summed E-state index contributed by atoms with van der Waals surface area (Å²) in [6, 6.07) is 12.0. The van der Waals surface area contributed by atoms with Gasteiger partial charge in [0.1, 0.15) is 5.82 Å². The molecular weight excluding hydrogens is 271 g/mol. The Morgan fingerprint density at radius 3 is 2.57 bits per heavy atom. The number of nitrogen functional groups attached to an aromatic ring is 1. The molecule has 3 N–H and O–H groups in total. The van der Waals surface area contributed by atoms with Crippen LogP contribution in [0, 0.1) is 5.82 Å². The number of halogens is 1. The number of carbonyl (C=O) groups is 1. The number of ether oxygens (including phenoxy) is 1. The lowest BCUT2D eigenvalue weighted by atomic mass is 10.1. The largest absolute Gasteiger partial charge is 0.465 e. The first-order valence-electron chi connectivity index (χ1n) is 6.51. The monoisotopic (exact) mass is 288 g/mol. The van der Waals surface area contributed by atoms with Crippen molar-refractivity contribution >= 4 is 17.3 Å². The van der Waals surface area contributed by atoms with Crippen LogP contribution in [-0.4, -0.2) is 13.1 Å². The van der Waals surface area contributed by atoms with Crippen LogP contribution in [0.25, 0.3) is 0 Å². The molecule has 0 radical (unpaired) electrons. The molecule has 4 nitrogen and oxygen atoms in total. The third-order valence-corrected chi connectivity index (χ3v) is 3.22. The zero-order valence-corrected chi connectivity index (χ0v) is 11.9. The Morgan fingerprint density at radius 2 is 1.95 bits per heavy atom. The van der Waals surface area contributed by atoms with Gasteiger partial charge < -0.3 is 15.8 Å². The number of carbonyl (C=O) groups excluding carboxylic acids is 1. The number of esters is 1. The summed E-state index contributed by atoms with van der Waals surface area (Å²) in [6.45, 7) is 1.91. The standard InChI is InChI=1S/C16H17FN2O2/c1-10(11-6-4-3-5-7-11)19-15-8-12(16(20)21-2)14(18)9-13(15)17/h3-10,19H,18H2,1-2H3. The maximum Gasteiger partial charge on any atom is 0.340 e. The Hall–Kier alpha value is -2.56. The molecule has 1 unspecified atom stereocenters. The molecule has 2 rings (SSSR count). The van der Waals surface area contributed by atoms with Gasteiger partial charge in [-0.3, -0.25) is 0 Å². The van der Waals surface area contributed by atoms with Crippen LogP contribution in [0.4, 0.5) is 15.8 Å². The lowest BCUT2D eigenvalue weighted by Crippen LogP contribution is -2.11. The number of nitrogens with one attached hydrogen (secondary N) is 1. The number of rotatable bonds is 4. The quantitative estimate of drug-likeness (QED) is 0.669. The van der Waals surface area contributed by atoms with E-state index in [9.17, 15) is 9.18 Å². The third-order valence-electron chi connectivity index (χ3n) is 3.22. The van der Waals surface area contributed by atoms with Crippen molar-refractivity contribution in [2.45, 2.75) is 13.0 Å². The van der Waals surface area contributed by atoms with E-state index in [1.54, 1.807) is 0 Å². The molecule has 0 aliphatic heterocycles. The van der Waals surface area contributed by atoms with Crippen LogP contribution in [0.1, 0.15) is 28.9 Å². The first-order valence-corrected chi connectivity index (χ1v) is 6.51. The van der Waals surface area contributed by atoms with E-state index in [0.717, 1.165) is 11.6 Å². The predicted octanol–water partition coefficient (Wildman–Crippen LogP) is 3.37. The van der Waals surface area contributed by atoms with Crippen molar-refractivity contribution in [3.63, 3.8) is 0 Å². The second-order valence-corrected chi connectivity index (χ2v) is 4.69. The van der Waals surface area contributed by atoms with Gasteiger partial charge in [-0.15, -0.1) is 0 Å². The molecule has 0 bridgehead atoms. The number of hydrogen-bond acceptors (Lipinski definition) is 4. The number of methoxy groups -OCH3 is 1. The average molecular weight is 288 g/mol. The van der Waals surface area contributed by atoms with Crippen molar-refractivity contribution in [3.8, 4) is 0 Å². The summed E-state index contributed by atoms with van der Waals surface area (Å²) in [5.74, 6) is -1.11. The predicted molar refractivity (Wildman–Crippen MR) is 80.6 cm³/mol. The molecule has 0 saturated heterocycles. The molecule has 1 atom stereocenters. The van der Waals surface area contributed by atoms with Gasteiger partial charge in [-0.05, 0) is 24.6 Å². The first-order chi connectivity index (χ1) is 10.0. The molecule has 0 spiro atoms. The van der Waals surface area contributed by atoms with Crippen LogP contribution in [0.3, 0.4) is 0 Å². The van der Waals surface area contributed by atoms with E-state index in [2.05, 4.69) is 10.1 Å². The van der Waals surface area contributed by atoms with E-state index < -0.39 is 11.8 Å². The van der Waals surface area contributed by atoms with Gasteiger partial charge in [-0.1, -0.05) is 30.3 Å². The fourth-order valence-electron chi connectivity index (χ4n) is 2.04. The highest BCUT2D eigenvalue weighted by Crippen LogP contribution is 2.26. The van der Waals surface area contributed by atoms with E-state index >= 15 is 0 Å². The van der Waals surface area contributed by atoms with Crippen LogP contribution in [0.5, 0.6) is 0 Å². The summed E-state index contributed by atoms with van der Waals surface area (Å²) in [6.07, 6.45) is 0. The molecule has 0 aromatic heterocycles. The van der Waals surface area contributed by atoms with Crippen molar-refractivity contribution in [2.75, 3.05) is 18.2 Å². The van der Waals surface area contributed by atoms with Crippen LogP contribution >= 0.6 is 0 Å². The second kappa shape index (κ2) is 6.26. The highest BCUT2D eigenvalue weighted by atomic mass is 19.1. The van der Waals surface area contributed by atoms with Gasteiger partial charge in [0, 0.05) is 11.7 Å². The maximum absolute atomic E-state index is 14.0. The van der Waals surface area contributed by atoms with Gasteiger partial charge in [-0.2, -0.15) is 0 Å². The van der Waals surface area contributed by atoms with Gasteiger partial charge in [0.25, 0.3) is 0 Å². The number of hydrogen-bond donors (Lipinski definition) is 2. The van der Waals surface area contributed by atoms with Gasteiger partial charge in [0.05, 0.1) is 18.4 Å². The molecule has 2 aromatic rings. The average Bonchev–Trinajstić information content (AvgIpc) is 2.50. The molecule has 0 fully saturated rings. The molecule has 0 aliphatic rings. The van der Waals surface area contributed by atoms with Gasteiger partial charge >= 0.3 is 5.97 Å². The fraction of sp³-hybridized carbons (Fsp3) is 0.188. The van der Waals surface area contributed by atoms with Crippen LogP contribution in [0.15, 0.2) is 42.5 Å².